The Labute approximate surface area is 190 Å². The molecular formula is C26H34N2O4. The van der Waals surface area contributed by atoms with Gasteiger partial charge in [0.05, 0.1) is 32.3 Å². The number of piperidine rings is 1. The molecule has 0 saturated carbocycles. The Bertz CT molecular complexity index is 894. The van der Waals surface area contributed by atoms with E-state index < -0.39 is 0 Å². The third-order valence-corrected chi connectivity index (χ3v) is 6.72. The SMILES string of the molecule is COc1ccc(OC)c(CC(=O)NC[C@H]2CCC3(CCN(Cc4ccccc4)CC3)O2)c1. The maximum absolute atomic E-state index is 12.6. The van der Waals surface area contributed by atoms with Gasteiger partial charge in [0.1, 0.15) is 11.5 Å². The van der Waals surface area contributed by atoms with Crippen LogP contribution in [0, 0.1) is 0 Å². The number of carbonyl (C=O) groups is 1. The highest BCUT2D eigenvalue weighted by molar-refractivity contribution is 5.79. The molecule has 2 aliphatic heterocycles. The lowest BCUT2D eigenvalue weighted by atomic mass is 9.88. The van der Waals surface area contributed by atoms with E-state index in [1.54, 1.807) is 14.2 Å². The first-order chi connectivity index (χ1) is 15.6. The van der Waals surface area contributed by atoms with Crippen molar-refractivity contribution in [1.29, 1.82) is 0 Å². The molecule has 2 heterocycles. The fourth-order valence-electron chi connectivity index (χ4n) is 4.85. The van der Waals surface area contributed by atoms with Crippen LogP contribution in [0.3, 0.4) is 0 Å². The highest BCUT2D eigenvalue weighted by Crippen LogP contribution is 2.39. The van der Waals surface area contributed by atoms with Crippen LogP contribution in [-0.4, -0.2) is 56.4 Å². The third-order valence-electron chi connectivity index (χ3n) is 6.72. The zero-order chi connectivity index (χ0) is 22.4. The number of nitrogens with zero attached hydrogens (tertiary/aromatic N) is 1. The predicted molar refractivity (Wildman–Crippen MR) is 124 cm³/mol. The van der Waals surface area contributed by atoms with Crippen molar-refractivity contribution in [2.45, 2.75) is 50.4 Å². The number of likely N-dealkylation sites (tertiary alicyclic amines) is 1. The van der Waals surface area contributed by atoms with Gasteiger partial charge in [-0.2, -0.15) is 0 Å². The number of carbonyl (C=O) groups excluding carboxylic acids is 1. The van der Waals surface area contributed by atoms with Gasteiger partial charge in [-0.15, -0.1) is 0 Å². The van der Waals surface area contributed by atoms with Gasteiger partial charge in [0.15, 0.2) is 0 Å². The van der Waals surface area contributed by atoms with Crippen LogP contribution in [0.4, 0.5) is 0 Å². The van der Waals surface area contributed by atoms with E-state index in [9.17, 15) is 4.79 Å². The van der Waals surface area contributed by atoms with Gasteiger partial charge in [-0.3, -0.25) is 9.69 Å². The van der Waals surface area contributed by atoms with E-state index in [2.05, 4.69) is 40.5 Å². The van der Waals surface area contributed by atoms with Gasteiger partial charge in [-0.25, -0.2) is 0 Å². The Hall–Kier alpha value is -2.57. The van der Waals surface area contributed by atoms with Crippen molar-refractivity contribution < 1.29 is 19.0 Å². The molecule has 0 aromatic heterocycles. The van der Waals surface area contributed by atoms with Crippen LogP contribution in [0.5, 0.6) is 11.5 Å². The number of ether oxygens (including phenoxy) is 3. The molecule has 0 unspecified atom stereocenters. The standard InChI is InChI=1S/C26H34N2O4/c1-30-22-8-9-24(31-2)21(16-22)17-25(29)27-18-23-10-11-26(32-23)12-14-28(15-13-26)19-20-6-4-3-5-7-20/h3-9,16,23H,10-15,17-19H2,1-2H3,(H,27,29)/t23-/m1/s1. The summed E-state index contributed by atoms with van der Waals surface area (Å²) in [5, 5.41) is 3.05. The molecule has 0 radical (unpaired) electrons. The lowest BCUT2D eigenvalue weighted by Crippen LogP contribution is -2.44. The smallest absolute Gasteiger partial charge is 0.224 e. The van der Waals surface area contributed by atoms with Crippen molar-refractivity contribution in [1.82, 2.24) is 10.2 Å². The van der Waals surface area contributed by atoms with Gasteiger partial charge < -0.3 is 19.5 Å². The summed E-state index contributed by atoms with van der Waals surface area (Å²) in [6.07, 6.45) is 4.55. The van der Waals surface area contributed by atoms with Crippen LogP contribution in [0.25, 0.3) is 0 Å². The molecule has 1 atom stereocenters. The second-order valence-corrected chi connectivity index (χ2v) is 8.88. The Morgan fingerprint density at radius 2 is 1.88 bits per heavy atom. The molecule has 2 saturated heterocycles. The van der Waals surface area contributed by atoms with Crippen molar-refractivity contribution in [3.8, 4) is 11.5 Å². The zero-order valence-electron chi connectivity index (χ0n) is 19.1. The molecule has 2 aromatic rings. The Balaban J connectivity index is 1.22. The van der Waals surface area contributed by atoms with Crippen molar-refractivity contribution in [3.63, 3.8) is 0 Å². The second-order valence-electron chi connectivity index (χ2n) is 8.88. The summed E-state index contributed by atoms with van der Waals surface area (Å²) in [7, 11) is 3.23. The summed E-state index contributed by atoms with van der Waals surface area (Å²) in [5.74, 6) is 1.38. The highest BCUT2D eigenvalue weighted by atomic mass is 16.5. The molecule has 6 nitrogen and oxygen atoms in total. The van der Waals surface area contributed by atoms with Crippen LogP contribution < -0.4 is 14.8 Å². The Morgan fingerprint density at radius 3 is 2.59 bits per heavy atom. The molecule has 32 heavy (non-hydrogen) atoms. The maximum Gasteiger partial charge on any atom is 0.224 e. The first-order valence-corrected chi connectivity index (χ1v) is 11.5. The summed E-state index contributed by atoms with van der Waals surface area (Å²) in [5.41, 5.74) is 2.17. The minimum absolute atomic E-state index is 0.0153. The summed E-state index contributed by atoms with van der Waals surface area (Å²) in [6, 6.07) is 16.2. The molecule has 1 amide bonds. The molecule has 0 aliphatic carbocycles. The molecule has 2 aliphatic rings. The van der Waals surface area contributed by atoms with Crippen LogP contribution in [0.1, 0.15) is 36.8 Å². The average Bonchev–Trinajstić information content (AvgIpc) is 3.22. The van der Waals surface area contributed by atoms with E-state index in [4.69, 9.17) is 14.2 Å². The van der Waals surface area contributed by atoms with E-state index in [0.29, 0.717) is 18.0 Å². The normalized spacial score (nSPS) is 20.2. The third kappa shape index (κ3) is 5.61. The minimum Gasteiger partial charge on any atom is -0.497 e. The first-order valence-electron chi connectivity index (χ1n) is 11.5. The summed E-state index contributed by atoms with van der Waals surface area (Å²) < 4.78 is 17.1. The molecule has 2 fully saturated rings. The van der Waals surface area contributed by atoms with Gasteiger partial charge in [-0.05, 0) is 49.4 Å². The number of benzene rings is 2. The molecule has 1 N–H and O–H groups in total. The Morgan fingerprint density at radius 1 is 1.09 bits per heavy atom. The van der Waals surface area contributed by atoms with Crippen LogP contribution in [-0.2, 0) is 22.5 Å². The molecular weight excluding hydrogens is 404 g/mol. The van der Waals surface area contributed by atoms with Gasteiger partial charge in [0.25, 0.3) is 0 Å². The first kappa shape index (κ1) is 22.6. The van der Waals surface area contributed by atoms with E-state index >= 15 is 0 Å². The molecule has 172 valence electrons. The van der Waals surface area contributed by atoms with Crippen molar-refractivity contribution in [3.05, 3.63) is 59.7 Å². The van der Waals surface area contributed by atoms with E-state index in [1.165, 1.54) is 5.56 Å². The van der Waals surface area contributed by atoms with E-state index in [-0.39, 0.29) is 24.0 Å². The fraction of sp³-hybridized carbons (Fsp3) is 0.500. The molecule has 0 bridgehead atoms. The number of amides is 1. The largest absolute Gasteiger partial charge is 0.497 e. The molecule has 6 heteroatoms. The number of rotatable bonds is 8. The van der Waals surface area contributed by atoms with Gasteiger partial charge in [0.2, 0.25) is 5.91 Å². The van der Waals surface area contributed by atoms with Crippen molar-refractivity contribution in [2.75, 3.05) is 33.9 Å². The maximum atomic E-state index is 12.6. The van der Waals surface area contributed by atoms with Crippen molar-refractivity contribution in [2.24, 2.45) is 0 Å². The van der Waals surface area contributed by atoms with Crippen LogP contribution in [0.15, 0.2) is 48.5 Å². The zero-order valence-corrected chi connectivity index (χ0v) is 19.1. The predicted octanol–water partition coefficient (Wildman–Crippen LogP) is 3.58. The summed E-state index contributed by atoms with van der Waals surface area (Å²) >= 11 is 0. The lowest BCUT2D eigenvalue weighted by Gasteiger charge is -2.39. The molecule has 4 rings (SSSR count). The van der Waals surface area contributed by atoms with Gasteiger partial charge in [-0.1, -0.05) is 30.3 Å². The monoisotopic (exact) mass is 438 g/mol. The van der Waals surface area contributed by atoms with Crippen LogP contribution in [0.2, 0.25) is 0 Å². The average molecular weight is 439 g/mol. The summed E-state index contributed by atoms with van der Waals surface area (Å²) in [6.45, 7) is 3.68. The molecule has 2 aromatic carbocycles. The quantitative estimate of drug-likeness (QED) is 0.683. The van der Waals surface area contributed by atoms with E-state index in [0.717, 1.165) is 50.9 Å². The van der Waals surface area contributed by atoms with Crippen LogP contribution >= 0.6 is 0 Å². The number of methoxy groups -OCH3 is 2. The van der Waals surface area contributed by atoms with Gasteiger partial charge in [0, 0.05) is 31.7 Å². The lowest BCUT2D eigenvalue weighted by molar-refractivity contribution is -0.122. The summed E-state index contributed by atoms with van der Waals surface area (Å²) in [4.78, 5) is 15.1. The van der Waals surface area contributed by atoms with Gasteiger partial charge >= 0.3 is 0 Å². The molecule has 1 spiro atoms. The Kier molecular flexibility index (Phi) is 7.33. The highest BCUT2D eigenvalue weighted by Gasteiger charge is 2.42. The minimum atomic E-state index is -0.0289. The number of hydrogen-bond donors (Lipinski definition) is 1. The fourth-order valence-corrected chi connectivity index (χ4v) is 4.85. The second kappa shape index (κ2) is 10.4. The topological polar surface area (TPSA) is 60.0 Å². The van der Waals surface area contributed by atoms with Crippen molar-refractivity contribution >= 4 is 5.91 Å². The number of nitrogens with one attached hydrogen (secondary N) is 1. The van der Waals surface area contributed by atoms with E-state index in [1.807, 2.05) is 18.2 Å². The number of hydrogen-bond acceptors (Lipinski definition) is 5.